The van der Waals surface area contributed by atoms with Crippen molar-refractivity contribution in [2.45, 2.75) is 25.9 Å². The summed E-state index contributed by atoms with van der Waals surface area (Å²) < 4.78 is 13.7. The van der Waals surface area contributed by atoms with Crippen LogP contribution in [-0.2, 0) is 0 Å². The molecule has 0 amide bonds. The standard InChI is InChI=1S/C37H32N4O2S/c1-24-23-32(25(2)40(24)34-13-8-10-26-9-4-5-11-31(26)34)36-35(33-12-6-7-22-38-33)39-37(44)41(36)27-14-16-29(17-15-27)43-30-20-18-28(42-3)19-21-30/h4-23,35-36H,1-3H3,(H,39,44)/t35-,36-/m1/s1. The minimum Gasteiger partial charge on any atom is -0.497 e. The number of pyridine rings is 1. The van der Waals surface area contributed by atoms with Gasteiger partial charge in [0.25, 0.3) is 0 Å². The molecule has 1 saturated heterocycles. The van der Waals surface area contributed by atoms with Gasteiger partial charge in [-0.1, -0.05) is 42.5 Å². The zero-order valence-electron chi connectivity index (χ0n) is 24.8. The smallest absolute Gasteiger partial charge is 0.174 e. The van der Waals surface area contributed by atoms with Crippen molar-refractivity contribution in [1.82, 2.24) is 14.9 Å². The van der Waals surface area contributed by atoms with Crippen LogP contribution in [-0.4, -0.2) is 21.8 Å². The molecule has 0 saturated carbocycles. The van der Waals surface area contributed by atoms with Crippen LogP contribution < -0.4 is 19.7 Å². The number of methoxy groups -OCH3 is 1. The van der Waals surface area contributed by atoms with Gasteiger partial charge < -0.3 is 24.3 Å². The normalized spacial score (nSPS) is 16.2. The van der Waals surface area contributed by atoms with Crippen LogP contribution in [0.2, 0.25) is 0 Å². The van der Waals surface area contributed by atoms with Crippen LogP contribution in [0.25, 0.3) is 16.5 Å². The highest BCUT2D eigenvalue weighted by Gasteiger charge is 2.42. The second kappa shape index (κ2) is 11.5. The van der Waals surface area contributed by atoms with Crippen molar-refractivity contribution in [2.75, 3.05) is 12.0 Å². The minimum absolute atomic E-state index is 0.124. The Morgan fingerprint density at radius 3 is 2.18 bits per heavy atom. The van der Waals surface area contributed by atoms with Gasteiger partial charge in [-0.05, 0) is 110 Å². The number of fused-ring (bicyclic) bond motifs is 1. The summed E-state index contributed by atoms with van der Waals surface area (Å²) >= 11 is 6.01. The summed E-state index contributed by atoms with van der Waals surface area (Å²) in [6.07, 6.45) is 1.84. The van der Waals surface area contributed by atoms with Gasteiger partial charge >= 0.3 is 0 Å². The first-order valence-corrected chi connectivity index (χ1v) is 15.0. The van der Waals surface area contributed by atoms with Gasteiger partial charge in [0, 0.05) is 28.7 Å². The molecular formula is C37H32N4O2S. The fourth-order valence-corrected chi connectivity index (χ4v) is 6.61. The van der Waals surface area contributed by atoms with Crippen molar-refractivity contribution in [2.24, 2.45) is 0 Å². The van der Waals surface area contributed by atoms with Gasteiger partial charge in [0.05, 0.1) is 30.6 Å². The molecule has 2 atom stereocenters. The molecule has 0 aliphatic carbocycles. The van der Waals surface area contributed by atoms with E-state index in [2.05, 4.69) is 95.4 Å². The molecule has 7 heteroatoms. The SMILES string of the molecule is COc1ccc(Oc2ccc(N3C(=S)N[C@H](c4ccccn4)[C@H]3c3cc(C)n(-c4cccc5ccccc45)c3C)cc2)cc1. The molecule has 4 aromatic carbocycles. The Morgan fingerprint density at radius 1 is 0.773 bits per heavy atom. The third-order valence-electron chi connectivity index (χ3n) is 8.30. The zero-order valence-corrected chi connectivity index (χ0v) is 25.6. The first-order valence-electron chi connectivity index (χ1n) is 14.6. The monoisotopic (exact) mass is 596 g/mol. The van der Waals surface area contributed by atoms with Crippen LogP contribution in [0.15, 0.2) is 121 Å². The van der Waals surface area contributed by atoms with Gasteiger partial charge in [-0.25, -0.2) is 0 Å². The molecule has 6 nitrogen and oxygen atoms in total. The van der Waals surface area contributed by atoms with Crippen molar-refractivity contribution >= 4 is 33.8 Å². The van der Waals surface area contributed by atoms with E-state index in [0.29, 0.717) is 5.11 Å². The predicted octanol–water partition coefficient (Wildman–Crippen LogP) is 8.62. The predicted molar refractivity (Wildman–Crippen MR) is 180 cm³/mol. The number of benzene rings is 4. The summed E-state index contributed by atoms with van der Waals surface area (Å²) in [6, 6.07) is 38.7. The summed E-state index contributed by atoms with van der Waals surface area (Å²) in [5.74, 6) is 2.27. The zero-order chi connectivity index (χ0) is 30.2. The lowest BCUT2D eigenvalue weighted by Gasteiger charge is -2.28. The topological polar surface area (TPSA) is 51.6 Å². The van der Waals surface area contributed by atoms with Crippen LogP contribution in [0.3, 0.4) is 0 Å². The van der Waals surface area contributed by atoms with E-state index >= 15 is 0 Å². The summed E-state index contributed by atoms with van der Waals surface area (Å²) in [7, 11) is 1.65. The summed E-state index contributed by atoms with van der Waals surface area (Å²) in [5.41, 5.74) is 6.60. The molecule has 7 rings (SSSR count). The van der Waals surface area contributed by atoms with E-state index in [0.717, 1.165) is 34.3 Å². The lowest BCUT2D eigenvalue weighted by Crippen LogP contribution is -2.29. The molecule has 1 aliphatic heterocycles. The van der Waals surface area contributed by atoms with Gasteiger partial charge in [0.1, 0.15) is 17.2 Å². The molecule has 2 aromatic heterocycles. The van der Waals surface area contributed by atoms with Gasteiger partial charge in [0.15, 0.2) is 5.11 Å². The number of anilines is 1. The van der Waals surface area contributed by atoms with Crippen LogP contribution in [0.4, 0.5) is 5.69 Å². The molecule has 0 bridgehead atoms. The van der Waals surface area contributed by atoms with Crippen molar-refractivity contribution in [3.8, 4) is 22.9 Å². The van der Waals surface area contributed by atoms with Crippen LogP contribution >= 0.6 is 12.2 Å². The van der Waals surface area contributed by atoms with E-state index in [1.165, 1.54) is 27.7 Å². The van der Waals surface area contributed by atoms with Crippen molar-refractivity contribution in [3.63, 3.8) is 0 Å². The van der Waals surface area contributed by atoms with Crippen LogP contribution in [0.1, 0.15) is 34.7 Å². The van der Waals surface area contributed by atoms with E-state index in [4.69, 9.17) is 26.7 Å². The first kappa shape index (κ1) is 27.7. The van der Waals surface area contributed by atoms with Crippen molar-refractivity contribution in [3.05, 3.63) is 144 Å². The second-order valence-electron chi connectivity index (χ2n) is 10.9. The molecule has 3 heterocycles. The van der Waals surface area contributed by atoms with Gasteiger partial charge in [-0.15, -0.1) is 0 Å². The Bertz CT molecular complexity index is 1950. The van der Waals surface area contributed by atoms with E-state index < -0.39 is 0 Å². The fourth-order valence-electron chi connectivity index (χ4n) is 6.26. The van der Waals surface area contributed by atoms with Gasteiger partial charge in [-0.3, -0.25) is 4.98 Å². The maximum absolute atomic E-state index is 6.11. The molecule has 0 radical (unpaired) electrons. The fraction of sp³-hybridized carbons (Fsp3) is 0.135. The van der Waals surface area contributed by atoms with Crippen LogP contribution in [0.5, 0.6) is 17.2 Å². The Morgan fingerprint density at radius 2 is 1.45 bits per heavy atom. The average molecular weight is 597 g/mol. The van der Waals surface area contributed by atoms with Crippen molar-refractivity contribution in [1.29, 1.82) is 0 Å². The number of thiocarbonyl (C=S) groups is 1. The minimum atomic E-state index is -0.139. The lowest BCUT2D eigenvalue weighted by molar-refractivity contribution is 0.413. The van der Waals surface area contributed by atoms with E-state index in [1.807, 2.05) is 54.7 Å². The Hall–Kier alpha value is -5.14. The maximum Gasteiger partial charge on any atom is 0.174 e. The maximum atomic E-state index is 6.11. The number of aromatic nitrogens is 2. The average Bonchev–Trinajstić information content (AvgIpc) is 3.56. The molecule has 1 fully saturated rings. The van der Waals surface area contributed by atoms with E-state index in [-0.39, 0.29) is 12.1 Å². The number of nitrogens with one attached hydrogen (secondary N) is 1. The number of nitrogens with zero attached hydrogens (tertiary/aromatic N) is 3. The second-order valence-corrected chi connectivity index (χ2v) is 11.3. The van der Waals surface area contributed by atoms with E-state index in [1.54, 1.807) is 7.11 Å². The molecule has 218 valence electrons. The molecule has 0 unspecified atom stereocenters. The quantitative estimate of drug-likeness (QED) is 0.186. The van der Waals surface area contributed by atoms with Gasteiger partial charge in [-0.2, -0.15) is 0 Å². The molecule has 0 spiro atoms. The third kappa shape index (κ3) is 4.95. The number of hydrogen-bond acceptors (Lipinski definition) is 4. The Balaban J connectivity index is 1.29. The van der Waals surface area contributed by atoms with Crippen LogP contribution in [0, 0.1) is 13.8 Å². The summed E-state index contributed by atoms with van der Waals surface area (Å²) in [4.78, 5) is 6.96. The Labute approximate surface area is 262 Å². The number of hydrogen-bond donors (Lipinski definition) is 1. The summed E-state index contributed by atoms with van der Waals surface area (Å²) in [6.45, 7) is 4.37. The Kier molecular flexibility index (Phi) is 7.24. The largest absolute Gasteiger partial charge is 0.497 e. The first-order chi connectivity index (χ1) is 21.5. The van der Waals surface area contributed by atoms with Gasteiger partial charge in [0.2, 0.25) is 0 Å². The lowest BCUT2D eigenvalue weighted by atomic mass is 9.96. The highest BCUT2D eigenvalue weighted by atomic mass is 32.1. The van der Waals surface area contributed by atoms with E-state index in [9.17, 15) is 0 Å². The number of aryl methyl sites for hydroxylation is 1. The molecule has 1 aliphatic rings. The summed E-state index contributed by atoms with van der Waals surface area (Å²) in [5, 5.41) is 6.69. The van der Waals surface area contributed by atoms with Crippen molar-refractivity contribution < 1.29 is 9.47 Å². The number of ether oxygens (including phenoxy) is 2. The highest BCUT2D eigenvalue weighted by Crippen LogP contribution is 2.44. The molecular weight excluding hydrogens is 565 g/mol. The molecule has 1 N–H and O–H groups in total. The third-order valence-corrected chi connectivity index (χ3v) is 8.62. The molecule has 44 heavy (non-hydrogen) atoms. The molecule has 6 aromatic rings. The number of rotatable bonds is 7. The highest BCUT2D eigenvalue weighted by molar-refractivity contribution is 7.80.